The second-order valence-corrected chi connectivity index (χ2v) is 7.78. The van der Waals surface area contributed by atoms with E-state index in [0.717, 1.165) is 48.7 Å². The molecule has 0 amide bonds. The molecule has 2 N–H and O–H groups in total. The average Bonchev–Trinajstić information content (AvgIpc) is 3.44. The third kappa shape index (κ3) is 4.32. The number of nitrogens with one attached hydrogen (secondary N) is 2. The number of hydrogen-bond donors (Lipinski definition) is 2. The van der Waals surface area contributed by atoms with Gasteiger partial charge in [0.1, 0.15) is 11.5 Å². The molecule has 2 bridgehead atoms. The van der Waals surface area contributed by atoms with Gasteiger partial charge in [0, 0.05) is 25.2 Å². The third-order valence-electron chi connectivity index (χ3n) is 5.97. The number of nitrogens with zero attached hydrogens (tertiary/aromatic N) is 1. The Morgan fingerprint density at radius 3 is 2.74 bits per heavy atom. The predicted octanol–water partition coefficient (Wildman–Crippen LogP) is 3.00. The van der Waals surface area contributed by atoms with Crippen LogP contribution in [0.3, 0.4) is 0 Å². The first-order valence-corrected chi connectivity index (χ1v) is 10.2. The van der Waals surface area contributed by atoms with Crippen molar-refractivity contribution in [2.45, 2.75) is 75.8 Å². The zero-order valence-electron chi connectivity index (χ0n) is 16.4. The van der Waals surface area contributed by atoms with Gasteiger partial charge in [0.2, 0.25) is 0 Å². The summed E-state index contributed by atoms with van der Waals surface area (Å²) in [5.74, 6) is 2.56. The molecule has 0 radical (unpaired) electrons. The standard InChI is InChI=1S/C21H31N3O3/c1-22-21(24-18-11-17-9-10-19(18)27-17)23-13-14-7-8-16(25-2)12-20(14)26-15-5-3-4-6-15/h7-8,12,15,17-19H,3-6,9-11,13H2,1-2H3,(H2,22,23,24). The highest BCUT2D eigenvalue weighted by Crippen LogP contribution is 2.34. The molecule has 1 aliphatic carbocycles. The Kier molecular flexibility index (Phi) is 5.72. The molecule has 6 nitrogen and oxygen atoms in total. The molecule has 0 spiro atoms. The van der Waals surface area contributed by atoms with Crippen LogP contribution in [-0.4, -0.2) is 44.5 Å². The van der Waals surface area contributed by atoms with Crippen LogP contribution in [0, 0.1) is 0 Å². The number of ether oxygens (including phenoxy) is 3. The van der Waals surface area contributed by atoms with Crippen LogP contribution in [-0.2, 0) is 11.3 Å². The lowest BCUT2D eigenvalue weighted by Gasteiger charge is -2.23. The highest BCUT2D eigenvalue weighted by atomic mass is 16.5. The molecule has 6 heteroatoms. The minimum absolute atomic E-state index is 0.319. The van der Waals surface area contributed by atoms with E-state index in [1.807, 2.05) is 19.2 Å². The van der Waals surface area contributed by atoms with Crippen LogP contribution < -0.4 is 20.1 Å². The molecule has 3 unspecified atom stereocenters. The van der Waals surface area contributed by atoms with E-state index in [1.165, 1.54) is 19.3 Å². The molecular weight excluding hydrogens is 342 g/mol. The fraction of sp³-hybridized carbons (Fsp3) is 0.667. The highest BCUT2D eigenvalue weighted by molar-refractivity contribution is 5.80. The van der Waals surface area contributed by atoms with Crippen LogP contribution in [0.4, 0.5) is 0 Å². The summed E-state index contributed by atoms with van der Waals surface area (Å²) < 4.78 is 17.6. The van der Waals surface area contributed by atoms with Gasteiger partial charge in [-0.15, -0.1) is 0 Å². The van der Waals surface area contributed by atoms with Crippen molar-refractivity contribution in [1.82, 2.24) is 10.6 Å². The molecular formula is C21H31N3O3. The Labute approximate surface area is 161 Å². The maximum atomic E-state index is 6.29. The zero-order chi connectivity index (χ0) is 18.6. The number of benzene rings is 1. The first-order chi connectivity index (χ1) is 13.2. The fourth-order valence-corrected chi connectivity index (χ4v) is 4.44. The van der Waals surface area contributed by atoms with E-state index >= 15 is 0 Å². The summed E-state index contributed by atoms with van der Waals surface area (Å²) >= 11 is 0. The molecule has 3 aliphatic rings. The smallest absolute Gasteiger partial charge is 0.191 e. The van der Waals surface area contributed by atoms with Crippen molar-refractivity contribution in [2.24, 2.45) is 4.99 Å². The van der Waals surface area contributed by atoms with Gasteiger partial charge in [0.25, 0.3) is 0 Å². The van der Waals surface area contributed by atoms with Crippen molar-refractivity contribution < 1.29 is 14.2 Å². The summed E-state index contributed by atoms with van der Waals surface area (Å²) in [5.41, 5.74) is 1.12. The summed E-state index contributed by atoms with van der Waals surface area (Å²) in [4.78, 5) is 4.39. The van der Waals surface area contributed by atoms with E-state index in [1.54, 1.807) is 7.11 Å². The fourth-order valence-electron chi connectivity index (χ4n) is 4.44. The molecule has 3 atom stereocenters. The van der Waals surface area contributed by atoms with Gasteiger partial charge in [-0.25, -0.2) is 0 Å². The van der Waals surface area contributed by atoms with Gasteiger partial charge < -0.3 is 24.8 Å². The molecule has 0 aromatic heterocycles. The van der Waals surface area contributed by atoms with Crippen LogP contribution in [0.5, 0.6) is 11.5 Å². The predicted molar refractivity (Wildman–Crippen MR) is 106 cm³/mol. The minimum atomic E-state index is 0.319. The number of methoxy groups -OCH3 is 1. The molecule has 1 aromatic rings. The average molecular weight is 373 g/mol. The molecule has 3 fully saturated rings. The number of rotatable bonds is 6. The number of guanidine groups is 1. The molecule has 27 heavy (non-hydrogen) atoms. The summed E-state index contributed by atoms with van der Waals surface area (Å²) in [7, 11) is 3.50. The second-order valence-electron chi connectivity index (χ2n) is 7.78. The Balaban J connectivity index is 1.38. The lowest BCUT2D eigenvalue weighted by Crippen LogP contribution is -2.47. The van der Waals surface area contributed by atoms with Crippen molar-refractivity contribution in [3.8, 4) is 11.5 Å². The molecule has 4 rings (SSSR count). The second kappa shape index (κ2) is 8.38. The van der Waals surface area contributed by atoms with E-state index in [9.17, 15) is 0 Å². The Morgan fingerprint density at radius 2 is 2.07 bits per heavy atom. The van der Waals surface area contributed by atoms with E-state index in [0.29, 0.717) is 30.9 Å². The topological polar surface area (TPSA) is 64.1 Å². The van der Waals surface area contributed by atoms with Crippen LogP contribution in [0.1, 0.15) is 50.5 Å². The Hall–Kier alpha value is -1.95. The maximum absolute atomic E-state index is 6.29. The van der Waals surface area contributed by atoms with Crippen molar-refractivity contribution in [3.05, 3.63) is 23.8 Å². The van der Waals surface area contributed by atoms with Gasteiger partial charge in [-0.05, 0) is 57.1 Å². The first-order valence-electron chi connectivity index (χ1n) is 10.2. The van der Waals surface area contributed by atoms with Crippen LogP contribution in [0.15, 0.2) is 23.2 Å². The SMILES string of the molecule is CN=C(NCc1ccc(OC)cc1OC1CCCC1)NC1CC2CCC1O2. The van der Waals surface area contributed by atoms with Crippen molar-refractivity contribution in [1.29, 1.82) is 0 Å². The van der Waals surface area contributed by atoms with Gasteiger partial charge in [0.05, 0.1) is 31.5 Å². The summed E-state index contributed by atoms with van der Waals surface area (Å²) in [6, 6.07) is 6.41. The Morgan fingerprint density at radius 1 is 1.22 bits per heavy atom. The summed E-state index contributed by atoms with van der Waals surface area (Å²) in [5, 5.41) is 6.97. The number of aliphatic imine (C=N–C) groups is 1. The van der Waals surface area contributed by atoms with Gasteiger partial charge in [-0.2, -0.15) is 0 Å². The van der Waals surface area contributed by atoms with Crippen LogP contribution in [0.25, 0.3) is 0 Å². The zero-order valence-corrected chi connectivity index (χ0v) is 16.4. The lowest BCUT2D eigenvalue weighted by atomic mass is 9.96. The quantitative estimate of drug-likeness (QED) is 0.593. The van der Waals surface area contributed by atoms with E-state index in [-0.39, 0.29) is 0 Å². The number of fused-ring (bicyclic) bond motifs is 2. The summed E-state index contributed by atoms with van der Waals surface area (Å²) in [6.45, 7) is 0.660. The van der Waals surface area contributed by atoms with Crippen molar-refractivity contribution in [3.63, 3.8) is 0 Å². The molecule has 1 aromatic carbocycles. The highest BCUT2D eigenvalue weighted by Gasteiger charge is 2.41. The molecule has 2 aliphatic heterocycles. The monoisotopic (exact) mass is 373 g/mol. The van der Waals surface area contributed by atoms with Crippen LogP contribution in [0.2, 0.25) is 0 Å². The third-order valence-corrected chi connectivity index (χ3v) is 5.97. The maximum Gasteiger partial charge on any atom is 0.191 e. The normalized spacial score (nSPS) is 27.8. The van der Waals surface area contributed by atoms with Gasteiger partial charge in [-0.1, -0.05) is 0 Å². The molecule has 2 heterocycles. The Bertz CT molecular complexity index is 673. The van der Waals surface area contributed by atoms with E-state index in [2.05, 4.69) is 21.7 Å². The largest absolute Gasteiger partial charge is 0.497 e. The minimum Gasteiger partial charge on any atom is -0.497 e. The van der Waals surface area contributed by atoms with Crippen molar-refractivity contribution in [2.75, 3.05) is 14.2 Å². The molecule has 2 saturated heterocycles. The van der Waals surface area contributed by atoms with Gasteiger partial charge >= 0.3 is 0 Å². The van der Waals surface area contributed by atoms with E-state index in [4.69, 9.17) is 14.2 Å². The van der Waals surface area contributed by atoms with Gasteiger partial charge in [0.15, 0.2) is 5.96 Å². The van der Waals surface area contributed by atoms with Gasteiger partial charge in [-0.3, -0.25) is 4.99 Å². The molecule has 148 valence electrons. The van der Waals surface area contributed by atoms with Crippen LogP contribution >= 0.6 is 0 Å². The van der Waals surface area contributed by atoms with Crippen molar-refractivity contribution >= 4 is 5.96 Å². The molecule has 1 saturated carbocycles. The first kappa shape index (κ1) is 18.4. The van der Waals surface area contributed by atoms with E-state index < -0.39 is 0 Å². The lowest BCUT2D eigenvalue weighted by molar-refractivity contribution is 0.0992. The summed E-state index contributed by atoms with van der Waals surface area (Å²) in [6.07, 6.45) is 9.28. The number of hydrogen-bond acceptors (Lipinski definition) is 4.